The SMILES string of the molecule is O=C1c2ccc(CO)cc2C(=O)c2c(O)c(O[C@@H]3O[C@@H](CO)[C@H](O)[C@@H](O)[C@@H]3O)cc(CCc3ccccc3)c21. The molecule has 1 aliphatic carbocycles. The minimum atomic E-state index is -1.75. The van der Waals surface area contributed by atoms with Gasteiger partial charge < -0.3 is 40.1 Å². The zero-order valence-electron chi connectivity index (χ0n) is 20.7. The summed E-state index contributed by atoms with van der Waals surface area (Å²) in [7, 11) is 0. The Labute approximate surface area is 223 Å². The summed E-state index contributed by atoms with van der Waals surface area (Å²) in [6.45, 7) is -1.03. The van der Waals surface area contributed by atoms with Crippen molar-refractivity contribution in [3.05, 3.63) is 93.5 Å². The van der Waals surface area contributed by atoms with Crippen LogP contribution in [0.1, 0.15) is 48.5 Å². The van der Waals surface area contributed by atoms with Crippen molar-refractivity contribution in [1.29, 1.82) is 0 Å². The van der Waals surface area contributed by atoms with E-state index in [-0.39, 0.29) is 34.6 Å². The zero-order valence-corrected chi connectivity index (χ0v) is 20.7. The molecule has 1 fully saturated rings. The Bertz CT molecular complexity index is 1400. The Morgan fingerprint density at radius 3 is 2.18 bits per heavy atom. The smallest absolute Gasteiger partial charge is 0.229 e. The van der Waals surface area contributed by atoms with E-state index in [9.17, 15) is 40.2 Å². The van der Waals surface area contributed by atoms with E-state index in [4.69, 9.17) is 9.47 Å². The number of rotatable bonds is 7. The Morgan fingerprint density at radius 2 is 1.49 bits per heavy atom. The lowest BCUT2D eigenvalue weighted by molar-refractivity contribution is -0.277. The van der Waals surface area contributed by atoms with Gasteiger partial charge in [-0.1, -0.05) is 36.4 Å². The van der Waals surface area contributed by atoms with Crippen molar-refractivity contribution in [3.8, 4) is 11.5 Å². The van der Waals surface area contributed by atoms with E-state index in [2.05, 4.69) is 0 Å². The molecule has 0 amide bonds. The van der Waals surface area contributed by atoms with Crippen LogP contribution < -0.4 is 4.74 Å². The molecule has 10 heteroatoms. The number of phenolic OH excluding ortho intramolecular Hbond substituents is 1. The summed E-state index contributed by atoms with van der Waals surface area (Å²) in [5, 5.41) is 60.9. The maximum absolute atomic E-state index is 13.6. The van der Waals surface area contributed by atoms with E-state index in [1.54, 1.807) is 6.07 Å². The first-order valence-corrected chi connectivity index (χ1v) is 12.5. The lowest BCUT2D eigenvalue weighted by Crippen LogP contribution is -2.60. The quantitative estimate of drug-likeness (QED) is 0.197. The van der Waals surface area contributed by atoms with Crippen LogP contribution in [0, 0.1) is 0 Å². The molecule has 204 valence electrons. The molecule has 5 atom stereocenters. The minimum Gasteiger partial charge on any atom is -0.504 e. The van der Waals surface area contributed by atoms with Gasteiger partial charge in [0, 0.05) is 16.7 Å². The lowest BCUT2D eigenvalue weighted by Gasteiger charge is -2.39. The third-order valence-corrected chi connectivity index (χ3v) is 7.17. The highest BCUT2D eigenvalue weighted by Crippen LogP contribution is 2.42. The predicted octanol–water partition coefficient (Wildman–Crippen LogP) is 0.624. The van der Waals surface area contributed by atoms with Gasteiger partial charge in [0.05, 0.1) is 18.8 Å². The monoisotopic (exact) mass is 536 g/mol. The standard InChI is InChI=1S/C29H28O10/c30-12-15-7-9-17-18(10-15)24(33)22-21(23(17)32)16(8-6-14-4-2-1-3-5-14)11-19(25(22)34)38-29-28(37)27(36)26(35)20(13-31)39-29/h1-5,7,9-11,20,26-31,34-37H,6,8,12-13H2/t20-,26-,27+,28-,29+/m0/s1. The first-order chi connectivity index (χ1) is 18.7. The number of phenols is 1. The number of hydrogen-bond donors (Lipinski definition) is 6. The third kappa shape index (κ3) is 4.82. The van der Waals surface area contributed by atoms with Gasteiger partial charge in [0.1, 0.15) is 24.4 Å². The van der Waals surface area contributed by atoms with E-state index in [0.29, 0.717) is 24.0 Å². The topological polar surface area (TPSA) is 174 Å². The fourth-order valence-corrected chi connectivity index (χ4v) is 5.03. The average molecular weight is 537 g/mol. The van der Waals surface area contributed by atoms with Crippen molar-refractivity contribution in [2.24, 2.45) is 0 Å². The van der Waals surface area contributed by atoms with Crippen LogP contribution in [0.25, 0.3) is 0 Å². The summed E-state index contributed by atoms with van der Waals surface area (Å²) in [5.41, 5.74) is 1.70. The molecular formula is C29H28O10. The van der Waals surface area contributed by atoms with Crippen LogP contribution in [0.3, 0.4) is 0 Å². The van der Waals surface area contributed by atoms with Gasteiger partial charge in [0.25, 0.3) is 0 Å². The fourth-order valence-electron chi connectivity index (χ4n) is 5.03. The van der Waals surface area contributed by atoms with E-state index in [1.165, 1.54) is 18.2 Å². The number of aryl methyl sites for hydroxylation is 2. The first kappa shape index (κ1) is 26.9. The summed E-state index contributed by atoms with van der Waals surface area (Å²) in [4.78, 5) is 27.3. The Hall–Kier alpha value is -3.64. The first-order valence-electron chi connectivity index (χ1n) is 12.5. The third-order valence-electron chi connectivity index (χ3n) is 7.17. The molecule has 0 radical (unpaired) electrons. The zero-order chi connectivity index (χ0) is 27.8. The van der Waals surface area contributed by atoms with Crippen molar-refractivity contribution < 1.29 is 49.7 Å². The van der Waals surface area contributed by atoms with Gasteiger partial charge >= 0.3 is 0 Å². The number of aliphatic hydroxyl groups is 5. The summed E-state index contributed by atoms with van der Waals surface area (Å²) in [6.07, 6.45) is -7.16. The Kier molecular flexibility index (Phi) is 7.50. The number of aromatic hydroxyl groups is 1. The molecule has 3 aromatic carbocycles. The van der Waals surface area contributed by atoms with Crippen LogP contribution in [0.4, 0.5) is 0 Å². The Balaban J connectivity index is 1.60. The highest BCUT2D eigenvalue weighted by molar-refractivity contribution is 6.30. The minimum absolute atomic E-state index is 0.0216. The van der Waals surface area contributed by atoms with E-state index >= 15 is 0 Å². The molecule has 10 nitrogen and oxygen atoms in total. The van der Waals surface area contributed by atoms with Crippen LogP contribution in [-0.4, -0.2) is 79.5 Å². The van der Waals surface area contributed by atoms with E-state index in [0.717, 1.165) is 5.56 Å². The molecule has 0 spiro atoms. The number of benzene rings is 3. The van der Waals surface area contributed by atoms with Crippen molar-refractivity contribution in [3.63, 3.8) is 0 Å². The van der Waals surface area contributed by atoms with Crippen LogP contribution >= 0.6 is 0 Å². The van der Waals surface area contributed by atoms with Crippen LogP contribution in [-0.2, 0) is 24.2 Å². The fraction of sp³-hybridized carbons (Fsp3) is 0.310. The van der Waals surface area contributed by atoms with Gasteiger partial charge in [-0.2, -0.15) is 0 Å². The summed E-state index contributed by atoms with van der Waals surface area (Å²) in [6, 6.07) is 15.3. The molecule has 1 saturated heterocycles. The highest BCUT2D eigenvalue weighted by atomic mass is 16.7. The van der Waals surface area contributed by atoms with E-state index in [1.807, 2.05) is 30.3 Å². The van der Waals surface area contributed by atoms with Gasteiger partial charge in [-0.05, 0) is 47.7 Å². The number of carbonyl (C=O) groups excluding carboxylic acids is 2. The second-order valence-corrected chi connectivity index (χ2v) is 9.63. The number of fused-ring (bicyclic) bond motifs is 2. The summed E-state index contributed by atoms with van der Waals surface area (Å²) >= 11 is 0. The second-order valence-electron chi connectivity index (χ2n) is 9.63. The molecule has 2 aliphatic rings. The number of aliphatic hydroxyl groups excluding tert-OH is 5. The molecule has 0 saturated carbocycles. The second kappa shape index (κ2) is 10.9. The molecule has 6 N–H and O–H groups in total. The molecule has 39 heavy (non-hydrogen) atoms. The number of ketones is 2. The largest absolute Gasteiger partial charge is 0.504 e. The molecule has 0 aromatic heterocycles. The number of carbonyl (C=O) groups is 2. The van der Waals surface area contributed by atoms with Gasteiger partial charge in [0.15, 0.2) is 23.1 Å². The van der Waals surface area contributed by atoms with Crippen LogP contribution in [0.5, 0.6) is 11.5 Å². The molecule has 0 bridgehead atoms. The molecule has 0 unspecified atom stereocenters. The van der Waals surface area contributed by atoms with E-state index < -0.39 is 54.6 Å². The number of hydrogen-bond acceptors (Lipinski definition) is 10. The maximum Gasteiger partial charge on any atom is 0.229 e. The summed E-state index contributed by atoms with van der Waals surface area (Å²) < 4.78 is 11.1. The van der Waals surface area contributed by atoms with Gasteiger partial charge in [-0.25, -0.2) is 0 Å². The Morgan fingerprint density at radius 1 is 0.769 bits per heavy atom. The summed E-state index contributed by atoms with van der Waals surface area (Å²) in [5.74, 6) is -2.07. The van der Waals surface area contributed by atoms with Crippen molar-refractivity contribution in [1.82, 2.24) is 0 Å². The van der Waals surface area contributed by atoms with Crippen LogP contribution in [0.2, 0.25) is 0 Å². The molecule has 1 heterocycles. The molecule has 3 aromatic rings. The number of ether oxygens (including phenoxy) is 2. The normalized spacial score (nSPS) is 24.3. The van der Waals surface area contributed by atoms with Crippen molar-refractivity contribution in [2.45, 2.75) is 50.2 Å². The van der Waals surface area contributed by atoms with Gasteiger partial charge in [0.2, 0.25) is 6.29 Å². The van der Waals surface area contributed by atoms with Crippen molar-refractivity contribution >= 4 is 11.6 Å². The highest BCUT2D eigenvalue weighted by Gasteiger charge is 2.45. The van der Waals surface area contributed by atoms with Gasteiger partial charge in [-0.3, -0.25) is 9.59 Å². The predicted molar refractivity (Wildman–Crippen MR) is 136 cm³/mol. The molecular weight excluding hydrogens is 508 g/mol. The van der Waals surface area contributed by atoms with Crippen LogP contribution in [0.15, 0.2) is 54.6 Å². The maximum atomic E-state index is 13.6. The lowest BCUT2D eigenvalue weighted by atomic mass is 9.79. The van der Waals surface area contributed by atoms with Gasteiger partial charge in [-0.15, -0.1) is 0 Å². The average Bonchev–Trinajstić information content (AvgIpc) is 2.96. The molecule has 1 aliphatic heterocycles. The van der Waals surface area contributed by atoms with Crippen molar-refractivity contribution in [2.75, 3.05) is 6.61 Å². The molecule has 5 rings (SSSR count).